The Morgan fingerprint density at radius 1 is 1.17 bits per heavy atom. The predicted molar refractivity (Wildman–Crippen MR) is 92.2 cm³/mol. The lowest BCUT2D eigenvalue weighted by Crippen LogP contribution is -2.27. The molecule has 1 amide bonds. The molecule has 0 saturated heterocycles. The summed E-state index contributed by atoms with van der Waals surface area (Å²) >= 11 is 0. The van der Waals surface area contributed by atoms with E-state index >= 15 is 0 Å². The van der Waals surface area contributed by atoms with E-state index < -0.39 is 5.91 Å². The number of nitrogens with one attached hydrogen (secondary N) is 1. The maximum atomic E-state index is 12.1. The second-order valence-electron chi connectivity index (χ2n) is 4.53. The quantitative estimate of drug-likeness (QED) is 0.688. The summed E-state index contributed by atoms with van der Waals surface area (Å²) in [5.74, 6) is -0.403. The number of carbonyl (C=O) groups is 1. The Morgan fingerprint density at radius 3 is 2.39 bits per heavy atom. The van der Waals surface area contributed by atoms with Gasteiger partial charge < -0.3 is 5.32 Å². The fourth-order valence-corrected chi connectivity index (χ4v) is 1.86. The molecular weight excluding hydrogens is 286 g/mol. The van der Waals surface area contributed by atoms with Gasteiger partial charge in [0.05, 0.1) is 11.7 Å². The lowest BCUT2D eigenvalue weighted by Gasteiger charge is -2.13. The molecule has 0 radical (unpaired) electrons. The maximum absolute atomic E-state index is 12.1. The zero-order valence-corrected chi connectivity index (χ0v) is 13.7. The fraction of sp³-hybridized carbons (Fsp3) is 0.211. The number of carbonyl (C=O) groups excluding carboxylic acids is 1. The molecule has 0 spiro atoms. The molecule has 0 aliphatic carbocycles. The molecule has 1 N–H and O–H groups in total. The van der Waals surface area contributed by atoms with Crippen molar-refractivity contribution in [2.24, 2.45) is 0 Å². The number of aromatic nitrogens is 1. The molecule has 118 valence electrons. The molecule has 0 aliphatic rings. The molecule has 2 rings (SSSR count). The van der Waals surface area contributed by atoms with Crippen LogP contribution in [0.3, 0.4) is 0 Å². The normalized spacial score (nSPS) is 11.5. The molecule has 0 saturated carbocycles. The highest BCUT2D eigenvalue weighted by molar-refractivity contribution is 6.01. The molecular formula is C19H21N3O. The van der Waals surface area contributed by atoms with Crippen LogP contribution in [-0.4, -0.2) is 10.9 Å². The van der Waals surface area contributed by atoms with Crippen molar-refractivity contribution in [2.45, 2.75) is 26.8 Å². The highest BCUT2D eigenvalue weighted by Crippen LogP contribution is 2.12. The van der Waals surface area contributed by atoms with Gasteiger partial charge >= 0.3 is 0 Å². The van der Waals surface area contributed by atoms with Gasteiger partial charge in [0, 0.05) is 6.20 Å². The molecule has 1 aromatic heterocycles. The Bertz CT molecular complexity index is 673. The number of nitriles is 1. The molecule has 2 aromatic rings. The summed E-state index contributed by atoms with van der Waals surface area (Å²) in [4.78, 5) is 16.2. The molecule has 1 aromatic carbocycles. The number of nitrogens with zero attached hydrogens (tertiary/aromatic N) is 2. The second kappa shape index (κ2) is 9.91. The summed E-state index contributed by atoms with van der Waals surface area (Å²) in [6.45, 7) is 5.88. The van der Waals surface area contributed by atoms with E-state index in [0.717, 1.165) is 5.56 Å². The lowest BCUT2D eigenvalue weighted by atomic mass is 10.1. The van der Waals surface area contributed by atoms with Crippen LogP contribution in [0.5, 0.6) is 0 Å². The first-order valence-electron chi connectivity index (χ1n) is 7.59. The van der Waals surface area contributed by atoms with Gasteiger partial charge in [0.1, 0.15) is 11.6 Å². The SMILES string of the molecule is CC.CC(NC(=O)/C(C#N)=C/c1ccccn1)c1ccccc1. The van der Waals surface area contributed by atoms with Gasteiger partial charge in [0.2, 0.25) is 0 Å². The summed E-state index contributed by atoms with van der Waals surface area (Å²) in [6, 6.07) is 16.7. The number of amides is 1. The molecule has 1 atom stereocenters. The van der Waals surface area contributed by atoms with E-state index in [1.807, 2.05) is 57.2 Å². The standard InChI is InChI=1S/C17H15N3O.C2H6/c1-13(14-7-3-2-4-8-14)20-17(21)15(12-18)11-16-9-5-6-10-19-16;1-2/h2-11,13H,1H3,(H,20,21);1-2H3/b15-11+;. The summed E-state index contributed by atoms with van der Waals surface area (Å²) in [5, 5.41) is 11.9. The molecule has 0 fully saturated rings. The summed E-state index contributed by atoms with van der Waals surface area (Å²) < 4.78 is 0. The number of pyridine rings is 1. The van der Waals surface area contributed by atoms with Gasteiger partial charge in [-0.15, -0.1) is 0 Å². The van der Waals surface area contributed by atoms with Crippen LogP contribution in [0.1, 0.15) is 38.1 Å². The lowest BCUT2D eigenvalue weighted by molar-refractivity contribution is -0.117. The first-order valence-corrected chi connectivity index (χ1v) is 7.59. The summed E-state index contributed by atoms with van der Waals surface area (Å²) in [7, 11) is 0. The van der Waals surface area contributed by atoms with Crippen LogP contribution < -0.4 is 5.32 Å². The minimum atomic E-state index is -0.403. The smallest absolute Gasteiger partial charge is 0.262 e. The van der Waals surface area contributed by atoms with Gasteiger partial charge in [0.15, 0.2) is 0 Å². The Balaban J connectivity index is 0.00000127. The Hall–Kier alpha value is -2.93. The van der Waals surface area contributed by atoms with Crippen LogP contribution in [0, 0.1) is 11.3 Å². The van der Waals surface area contributed by atoms with Crippen LogP contribution in [0.15, 0.2) is 60.3 Å². The number of rotatable bonds is 4. The third-order valence-corrected chi connectivity index (χ3v) is 2.99. The summed E-state index contributed by atoms with van der Waals surface area (Å²) in [6.07, 6.45) is 3.10. The highest BCUT2D eigenvalue weighted by Gasteiger charge is 2.13. The zero-order chi connectivity index (χ0) is 17.1. The fourth-order valence-electron chi connectivity index (χ4n) is 1.86. The van der Waals surface area contributed by atoms with Crippen LogP contribution >= 0.6 is 0 Å². The van der Waals surface area contributed by atoms with Crippen molar-refractivity contribution in [1.29, 1.82) is 5.26 Å². The van der Waals surface area contributed by atoms with Crippen LogP contribution in [0.25, 0.3) is 6.08 Å². The van der Waals surface area contributed by atoms with Crippen molar-refractivity contribution in [3.05, 3.63) is 71.6 Å². The zero-order valence-electron chi connectivity index (χ0n) is 13.7. The van der Waals surface area contributed by atoms with E-state index in [4.69, 9.17) is 5.26 Å². The highest BCUT2D eigenvalue weighted by atomic mass is 16.1. The molecule has 0 aliphatic heterocycles. The van der Waals surface area contributed by atoms with E-state index in [0.29, 0.717) is 5.69 Å². The van der Waals surface area contributed by atoms with Crippen LogP contribution in [-0.2, 0) is 4.79 Å². The van der Waals surface area contributed by atoms with Gasteiger partial charge in [-0.3, -0.25) is 9.78 Å². The van der Waals surface area contributed by atoms with Crippen molar-refractivity contribution in [3.63, 3.8) is 0 Å². The first-order chi connectivity index (χ1) is 11.2. The van der Waals surface area contributed by atoms with Crippen molar-refractivity contribution in [2.75, 3.05) is 0 Å². The molecule has 0 bridgehead atoms. The van der Waals surface area contributed by atoms with Crippen molar-refractivity contribution in [1.82, 2.24) is 10.3 Å². The van der Waals surface area contributed by atoms with Gasteiger partial charge in [-0.05, 0) is 30.7 Å². The van der Waals surface area contributed by atoms with Gasteiger partial charge in [-0.25, -0.2) is 0 Å². The number of hydrogen-bond donors (Lipinski definition) is 1. The Morgan fingerprint density at radius 2 is 1.83 bits per heavy atom. The minimum Gasteiger partial charge on any atom is -0.345 e. The second-order valence-corrected chi connectivity index (χ2v) is 4.53. The van der Waals surface area contributed by atoms with Gasteiger partial charge in [0.25, 0.3) is 5.91 Å². The van der Waals surface area contributed by atoms with E-state index in [1.165, 1.54) is 6.08 Å². The van der Waals surface area contributed by atoms with Gasteiger partial charge in [-0.2, -0.15) is 5.26 Å². The summed E-state index contributed by atoms with van der Waals surface area (Å²) in [5.41, 5.74) is 1.61. The van der Waals surface area contributed by atoms with Crippen molar-refractivity contribution in [3.8, 4) is 6.07 Å². The Kier molecular flexibility index (Phi) is 7.81. The van der Waals surface area contributed by atoms with E-state index in [9.17, 15) is 4.79 Å². The van der Waals surface area contributed by atoms with Crippen molar-refractivity contribution < 1.29 is 4.79 Å². The molecule has 1 unspecified atom stereocenters. The number of benzene rings is 1. The largest absolute Gasteiger partial charge is 0.345 e. The van der Waals surface area contributed by atoms with E-state index in [-0.39, 0.29) is 11.6 Å². The topological polar surface area (TPSA) is 65.8 Å². The maximum Gasteiger partial charge on any atom is 0.262 e. The predicted octanol–water partition coefficient (Wildman–Crippen LogP) is 3.89. The number of hydrogen-bond acceptors (Lipinski definition) is 3. The molecule has 4 heteroatoms. The van der Waals surface area contributed by atoms with Crippen molar-refractivity contribution >= 4 is 12.0 Å². The average molecular weight is 307 g/mol. The average Bonchev–Trinajstić information content (AvgIpc) is 2.62. The Labute approximate surface area is 137 Å². The van der Waals surface area contributed by atoms with Crippen LogP contribution in [0.2, 0.25) is 0 Å². The molecule has 23 heavy (non-hydrogen) atoms. The van der Waals surface area contributed by atoms with E-state index in [1.54, 1.807) is 24.4 Å². The first kappa shape index (κ1) is 18.1. The monoisotopic (exact) mass is 307 g/mol. The third-order valence-electron chi connectivity index (χ3n) is 2.99. The molecule has 4 nitrogen and oxygen atoms in total. The minimum absolute atomic E-state index is 0.0384. The molecule has 1 heterocycles. The van der Waals surface area contributed by atoms with Crippen LogP contribution in [0.4, 0.5) is 0 Å². The van der Waals surface area contributed by atoms with Gasteiger partial charge in [-0.1, -0.05) is 50.2 Å². The van der Waals surface area contributed by atoms with E-state index in [2.05, 4.69) is 10.3 Å². The third kappa shape index (κ3) is 5.76.